The molecule has 16 heavy (non-hydrogen) atoms. The van der Waals surface area contributed by atoms with Gasteiger partial charge in [0.15, 0.2) is 11.5 Å². The fraction of sp³-hybridized carbons (Fsp3) is 0.417. The molecule has 0 unspecified atom stereocenters. The molecule has 1 saturated carbocycles. The van der Waals surface area contributed by atoms with Crippen LogP contribution in [-0.2, 0) is 4.79 Å². The molecule has 0 atom stereocenters. The molecule has 3 rings (SSSR count). The van der Waals surface area contributed by atoms with E-state index in [4.69, 9.17) is 0 Å². The molecule has 0 aromatic carbocycles. The molecule has 0 saturated heterocycles. The van der Waals surface area contributed by atoms with Gasteiger partial charge >= 0.3 is 0 Å². The average Bonchev–Trinajstić information content (AvgIpc) is 2.73. The summed E-state index contributed by atoms with van der Waals surface area (Å²) in [4.78, 5) is 15.7. The predicted octanol–water partition coefficient (Wildman–Crippen LogP) is 1.96. The van der Waals surface area contributed by atoms with E-state index in [0.717, 1.165) is 24.3 Å². The molecule has 0 amide bonds. The van der Waals surface area contributed by atoms with Gasteiger partial charge in [0.2, 0.25) is 0 Å². The van der Waals surface area contributed by atoms with Crippen LogP contribution < -0.4 is 0 Å². The second kappa shape index (κ2) is 3.70. The van der Waals surface area contributed by atoms with Gasteiger partial charge in [-0.2, -0.15) is 5.10 Å². The number of pyridine rings is 1. The molecule has 1 fully saturated rings. The molecule has 1 aliphatic carbocycles. The third-order valence-corrected chi connectivity index (χ3v) is 3.17. The van der Waals surface area contributed by atoms with Crippen LogP contribution in [0.1, 0.15) is 37.4 Å². The monoisotopic (exact) mass is 215 g/mol. The van der Waals surface area contributed by atoms with Crippen LogP contribution in [0.2, 0.25) is 0 Å². The lowest BCUT2D eigenvalue weighted by atomic mass is 9.88. The first-order chi connectivity index (χ1) is 7.83. The first-order valence-electron chi connectivity index (χ1n) is 5.66. The highest BCUT2D eigenvalue weighted by atomic mass is 16.1. The predicted molar refractivity (Wildman–Crippen MR) is 59.2 cm³/mol. The molecule has 0 radical (unpaired) electrons. The number of ketones is 1. The Morgan fingerprint density at radius 1 is 1.25 bits per heavy atom. The number of hydrogen-bond acceptors (Lipinski definition) is 3. The normalized spacial score (nSPS) is 18.1. The van der Waals surface area contributed by atoms with Crippen molar-refractivity contribution in [3.8, 4) is 0 Å². The highest BCUT2D eigenvalue weighted by Crippen LogP contribution is 2.29. The van der Waals surface area contributed by atoms with Gasteiger partial charge in [0.25, 0.3) is 0 Å². The minimum Gasteiger partial charge on any atom is -0.300 e. The smallest absolute Gasteiger partial charge is 0.155 e. The van der Waals surface area contributed by atoms with Gasteiger partial charge in [-0.25, -0.2) is 9.50 Å². The van der Waals surface area contributed by atoms with Crippen molar-refractivity contribution in [3.05, 3.63) is 30.2 Å². The number of Topliss-reactive ketones (excluding diaryl/α,β-unsaturated/α-hetero) is 1. The zero-order chi connectivity index (χ0) is 11.0. The summed E-state index contributed by atoms with van der Waals surface area (Å²) in [5.41, 5.74) is 0.884. The van der Waals surface area contributed by atoms with Gasteiger partial charge in [0.1, 0.15) is 5.78 Å². The Hall–Kier alpha value is -1.71. The number of aromatic nitrogens is 3. The molecule has 1 aliphatic rings. The van der Waals surface area contributed by atoms with E-state index in [0.29, 0.717) is 24.5 Å². The number of rotatable bonds is 1. The molecule has 82 valence electrons. The van der Waals surface area contributed by atoms with Crippen molar-refractivity contribution < 1.29 is 4.79 Å². The van der Waals surface area contributed by atoms with E-state index in [-0.39, 0.29) is 0 Å². The summed E-state index contributed by atoms with van der Waals surface area (Å²) in [6, 6.07) is 5.85. The third kappa shape index (κ3) is 1.60. The summed E-state index contributed by atoms with van der Waals surface area (Å²) in [5, 5.41) is 4.46. The lowest BCUT2D eigenvalue weighted by molar-refractivity contribution is -0.120. The van der Waals surface area contributed by atoms with Crippen molar-refractivity contribution in [1.29, 1.82) is 0 Å². The average molecular weight is 215 g/mol. The summed E-state index contributed by atoms with van der Waals surface area (Å²) in [5.74, 6) is 1.62. The first kappa shape index (κ1) is 9.51. The lowest BCUT2D eigenvalue weighted by Crippen LogP contribution is -2.13. The van der Waals surface area contributed by atoms with E-state index >= 15 is 0 Å². The van der Waals surface area contributed by atoms with Gasteiger partial charge in [-0.15, -0.1) is 0 Å². The second-order valence-corrected chi connectivity index (χ2v) is 4.29. The molecule has 2 aromatic heterocycles. The largest absolute Gasteiger partial charge is 0.300 e. The molecule has 2 heterocycles. The summed E-state index contributed by atoms with van der Waals surface area (Å²) in [6.45, 7) is 0. The van der Waals surface area contributed by atoms with E-state index in [2.05, 4.69) is 10.1 Å². The summed E-state index contributed by atoms with van der Waals surface area (Å²) in [6.07, 6.45) is 5.06. The van der Waals surface area contributed by atoms with E-state index in [1.54, 1.807) is 4.52 Å². The molecule has 0 N–H and O–H groups in total. The maximum Gasteiger partial charge on any atom is 0.155 e. The Balaban J connectivity index is 1.91. The third-order valence-electron chi connectivity index (χ3n) is 3.17. The highest BCUT2D eigenvalue weighted by Gasteiger charge is 2.23. The Kier molecular flexibility index (Phi) is 2.20. The number of carbonyl (C=O) groups excluding carboxylic acids is 1. The maximum atomic E-state index is 11.2. The van der Waals surface area contributed by atoms with Crippen molar-refractivity contribution in [3.63, 3.8) is 0 Å². The molecule has 0 spiro atoms. The van der Waals surface area contributed by atoms with Crippen molar-refractivity contribution in [2.45, 2.75) is 31.6 Å². The minimum atomic E-state index is 0.359. The molecule has 2 aromatic rings. The quantitative estimate of drug-likeness (QED) is 0.730. The van der Waals surface area contributed by atoms with Gasteiger partial charge < -0.3 is 0 Å². The van der Waals surface area contributed by atoms with Crippen LogP contribution >= 0.6 is 0 Å². The number of fused-ring (bicyclic) bond motifs is 1. The van der Waals surface area contributed by atoms with Crippen LogP contribution in [0.25, 0.3) is 5.65 Å². The maximum absolute atomic E-state index is 11.2. The van der Waals surface area contributed by atoms with E-state index in [1.807, 2.05) is 24.4 Å². The van der Waals surface area contributed by atoms with Crippen LogP contribution in [0.4, 0.5) is 0 Å². The SMILES string of the molecule is O=C1CCC(c2nc3ccccn3n2)CC1. The number of carbonyl (C=O) groups is 1. The molecular weight excluding hydrogens is 202 g/mol. The van der Waals surface area contributed by atoms with Gasteiger partial charge in [0, 0.05) is 25.0 Å². The van der Waals surface area contributed by atoms with E-state index in [1.165, 1.54) is 0 Å². The van der Waals surface area contributed by atoms with Crippen LogP contribution in [-0.4, -0.2) is 20.4 Å². The van der Waals surface area contributed by atoms with E-state index < -0.39 is 0 Å². The zero-order valence-corrected chi connectivity index (χ0v) is 8.97. The van der Waals surface area contributed by atoms with Crippen LogP contribution in [0.5, 0.6) is 0 Å². The van der Waals surface area contributed by atoms with Gasteiger partial charge in [-0.1, -0.05) is 6.07 Å². The van der Waals surface area contributed by atoms with Crippen molar-refractivity contribution in [2.75, 3.05) is 0 Å². The summed E-state index contributed by atoms with van der Waals surface area (Å²) >= 11 is 0. The van der Waals surface area contributed by atoms with Crippen molar-refractivity contribution >= 4 is 11.4 Å². The highest BCUT2D eigenvalue weighted by molar-refractivity contribution is 5.79. The minimum absolute atomic E-state index is 0.359. The van der Waals surface area contributed by atoms with Gasteiger partial charge in [-0.3, -0.25) is 4.79 Å². The molecule has 0 bridgehead atoms. The number of hydrogen-bond donors (Lipinski definition) is 0. The van der Waals surface area contributed by atoms with Crippen molar-refractivity contribution in [2.24, 2.45) is 0 Å². The zero-order valence-electron chi connectivity index (χ0n) is 8.97. The molecular formula is C12H13N3O. The molecule has 4 nitrogen and oxygen atoms in total. The Morgan fingerprint density at radius 2 is 2.06 bits per heavy atom. The van der Waals surface area contributed by atoms with Crippen LogP contribution in [0.3, 0.4) is 0 Å². The second-order valence-electron chi connectivity index (χ2n) is 4.29. The van der Waals surface area contributed by atoms with Crippen LogP contribution in [0.15, 0.2) is 24.4 Å². The van der Waals surface area contributed by atoms with E-state index in [9.17, 15) is 4.79 Å². The van der Waals surface area contributed by atoms with Gasteiger partial charge in [-0.05, 0) is 25.0 Å². The Labute approximate surface area is 93.3 Å². The fourth-order valence-electron chi connectivity index (χ4n) is 2.22. The Morgan fingerprint density at radius 3 is 2.81 bits per heavy atom. The number of nitrogens with zero attached hydrogens (tertiary/aromatic N) is 3. The summed E-state index contributed by atoms with van der Waals surface area (Å²) in [7, 11) is 0. The standard InChI is InChI=1S/C12H13N3O/c16-10-6-4-9(5-7-10)12-13-11-3-1-2-8-15(11)14-12/h1-3,8-9H,4-7H2. The fourth-order valence-corrected chi connectivity index (χ4v) is 2.22. The molecule has 0 aliphatic heterocycles. The van der Waals surface area contributed by atoms with Crippen LogP contribution in [0, 0.1) is 0 Å². The Bertz CT molecular complexity index is 489. The van der Waals surface area contributed by atoms with Crippen molar-refractivity contribution in [1.82, 2.24) is 14.6 Å². The molecule has 4 heteroatoms. The lowest BCUT2D eigenvalue weighted by Gasteiger charge is -2.17. The van der Waals surface area contributed by atoms with Gasteiger partial charge in [0.05, 0.1) is 0 Å². The topological polar surface area (TPSA) is 47.3 Å². The summed E-state index contributed by atoms with van der Waals surface area (Å²) < 4.78 is 1.80. The first-order valence-corrected chi connectivity index (χ1v) is 5.66.